The first-order valence-electron chi connectivity index (χ1n) is 7.79. The number of rotatable bonds is 4. The molecule has 0 atom stereocenters. The van der Waals surface area contributed by atoms with Gasteiger partial charge in [-0.2, -0.15) is 0 Å². The van der Waals surface area contributed by atoms with Crippen molar-refractivity contribution in [3.05, 3.63) is 54.0 Å². The minimum absolute atomic E-state index is 0.180. The van der Waals surface area contributed by atoms with Crippen LogP contribution in [0.2, 0.25) is 0 Å². The highest BCUT2D eigenvalue weighted by Crippen LogP contribution is 2.30. The van der Waals surface area contributed by atoms with Gasteiger partial charge in [-0.15, -0.1) is 0 Å². The Morgan fingerprint density at radius 1 is 1.08 bits per heavy atom. The van der Waals surface area contributed by atoms with E-state index in [-0.39, 0.29) is 11.5 Å². The molecule has 3 rings (SSSR count). The Hall–Kier alpha value is -3.35. The summed E-state index contributed by atoms with van der Waals surface area (Å²) in [5, 5.41) is 3.07. The summed E-state index contributed by atoms with van der Waals surface area (Å²) in [5.41, 5.74) is 1.04. The predicted octanol–water partition coefficient (Wildman–Crippen LogP) is 3.71. The zero-order chi connectivity index (χ0) is 18.8. The number of nitrogens with zero attached hydrogens (tertiary/aromatic N) is 1. The van der Waals surface area contributed by atoms with Crippen LogP contribution in [0.3, 0.4) is 0 Å². The Morgan fingerprint density at radius 3 is 2.50 bits per heavy atom. The van der Waals surface area contributed by atoms with E-state index in [1.807, 2.05) is 0 Å². The van der Waals surface area contributed by atoms with E-state index in [9.17, 15) is 14.0 Å². The number of carbonyl (C=O) groups excluding carboxylic acids is 2. The highest BCUT2D eigenvalue weighted by atomic mass is 19.1. The van der Waals surface area contributed by atoms with Crippen molar-refractivity contribution in [3.8, 4) is 11.5 Å². The molecule has 1 amide bonds. The van der Waals surface area contributed by atoms with Crippen molar-refractivity contribution < 1.29 is 23.5 Å². The topological polar surface area (TPSA) is 69.6 Å². The molecule has 0 spiro atoms. The van der Waals surface area contributed by atoms with E-state index in [0.29, 0.717) is 28.1 Å². The number of benzene rings is 2. The highest BCUT2D eigenvalue weighted by molar-refractivity contribution is 6.14. The standard InChI is InChI=1S/C19H17FN2O4/c1-11(23)22-10-15(14-8-12(20)4-6-17(14)22)19(24)21-16-9-13(25-2)5-7-18(16)26-3/h4-10H,1-3H3,(H,21,24). The molecular weight excluding hydrogens is 339 g/mol. The predicted molar refractivity (Wildman–Crippen MR) is 95.7 cm³/mol. The number of amides is 1. The van der Waals surface area contributed by atoms with Gasteiger partial charge < -0.3 is 14.8 Å². The average Bonchev–Trinajstić information content (AvgIpc) is 3.00. The molecule has 0 aliphatic heterocycles. The summed E-state index contributed by atoms with van der Waals surface area (Å²) in [5.74, 6) is -0.280. The third kappa shape index (κ3) is 3.11. The lowest BCUT2D eigenvalue weighted by Crippen LogP contribution is -2.13. The molecule has 0 bridgehead atoms. The Morgan fingerprint density at radius 2 is 1.85 bits per heavy atom. The molecule has 0 aliphatic rings. The summed E-state index contributed by atoms with van der Waals surface area (Å²) in [4.78, 5) is 24.6. The van der Waals surface area contributed by atoms with Gasteiger partial charge in [0, 0.05) is 24.6 Å². The number of halogens is 1. The van der Waals surface area contributed by atoms with E-state index < -0.39 is 11.7 Å². The van der Waals surface area contributed by atoms with Crippen molar-refractivity contribution >= 4 is 28.4 Å². The third-order valence-corrected chi connectivity index (χ3v) is 4.01. The Kier molecular flexibility index (Phi) is 4.62. The van der Waals surface area contributed by atoms with E-state index in [1.54, 1.807) is 18.2 Å². The van der Waals surface area contributed by atoms with Crippen LogP contribution in [0.5, 0.6) is 11.5 Å². The van der Waals surface area contributed by atoms with Crippen molar-refractivity contribution in [2.24, 2.45) is 0 Å². The van der Waals surface area contributed by atoms with Crippen LogP contribution in [0, 0.1) is 5.82 Å². The fraction of sp³-hybridized carbons (Fsp3) is 0.158. The highest BCUT2D eigenvalue weighted by Gasteiger charge is 2.19. The molecule has 0 radical (unpaired) electrons. The Bertz CT molecular complexity index is 1010. The van der Waals surface area contributed by atoms with Gasteiger partial charge in [0.05, 0.1) is 31.0 Å². The first-order chi connectivity index (χ1) is 12.4. The largest absolute Gasteiger partial charge is 0.497 e. The molecule has 26 heavy (non-hydrogen) atoms. The van der Waals surface area contributed by atoms with Gasteiger partial charge in [0.1, 0.15) is 17.3 Å². The van der Waals surface area contributed by atoms with E-state index in [2.05, 4.69) is 5.32 Å². The molecular formula is C19H17FN2O4. The zero-order valence-electron chi connectivity index (χ0n) is 14.5. The summed E-state index contributed by atoms with van der Waals surface area (Å²) in [6, 6.07) is 8.91. The number of hydrogen-bond acceptors (Lipinski definition) is 4. The molecule has 3 aromatic rings. The van der Waals surface area contributed by atoms with Gasteiger partial charge in [-0.3, -0.25) is 14.2 Å². The maximum Gasteiger partial charge on any atom is 0.257 e. The second-order valence-electron chi connectivity index (χ2n) is 5.61. The van der Waals surface area contributed by atoms with Crippen LogP contribution in [0.1, 0.15) is 22.1 Å². The lowest BCUT2D eigenvalue weighted by Gasteiger charge is -2.11. The number of methoxy groups -OCH3 is 2. The number of fused-ring (bicyclic) bond motifs is 1. The van der Waals surface area contributed by atoms with E-state index in [1.165, 1.54) is 50.1 Å². The average molecular weight is 356 g/mol. The molecule has 1 N–H and O–H groups in total. The summed E-state index contributed by atoms with van der Waals surface area (Å²) in [6.45, 7) is 1.37. The number of aromatic nitrogens is 1. The van der Waals surface area contributed by atoms with Gasteiger partial charge in [0.15, 0.2) is 0 Å². The van der Waals surface area contributed by atoms with Crippen LogP contribution in [0.4, 0.5) is 10.1 Å². The smallest absolute Gasteiger partial charge is 0.257 e. The van der Waals surface area contributed by atoms with E-state index in [4.69, 9.17) is 9.47 Å². The maximum atomic E-state index is 13.7. The minimum Gasteiger partial charge on any atom is -0.497 e. The van der Waals surface area contributed by atoms with Crippen LogP contribution in [-0.4, -0.2) is 30.6 Å². The number of nitrogens with one attached hydrogen (secondary N) is 1. The van der Waals surface area contributed by atoms with Gasteiger partial charge >= 0.3 is 0 Å². The normalized spacial score (nSPS) is 10.6. The number of anilines is 1. The van der Waals surface area contributed by atoms with Crippen molar-refractivity contribution in [3.63, 3.8) is 0 Å². The number of carbonyl (C=O) groups is 2. The summed E-state index contributed by atoms with van der Waals surface area (Å²) in [7, 11) is 2.99. The summed E-state index contributed by atoms with van der Waals surface area (Å²) >= 11 is 0. The van der Waals surface area contributed by atoms with Crippen LogP contribution in [0.15, 0.2) is 42.6 Å². The maximum absolute atomic E-state index is 13.7. The van der Waals surface area contributed by atoms with Gasteiger partial charge in [0.2, 0.25) is 5.91 Å². The quantitative estimate of drug-likeness (QED) is 0.774. The SMILES string of the molecule is COc1ccc(OC)c(NC(=O)c2cn(C(C)=O)c3ccc(F)cc23)c1. The molecule has 7 heteroatoms. The van der Waals surface area contributed by atoms with Gasteiger partial charge in [0.25, 0.3) is 5.91 Å². The molecule has 0 aliphatic carbocycles. The lowest BCUT2D eigenvalue weighted by molar-refractivity contribution is 0.0941. The molecule has 0 saturated carbocycles. The van der Waals surface area contributed by atoms with Crippen molar-refractivity contribution in [2.75, 3.05) is 19.5 Å². The summed E-state index contributed by atoms with van der Waals surface area (Å²) < 4.78 is 25.4. The van der Waals surface area contributed by atoms with Crippen LogP contribution in [-0.2, 0) is 0 Å². The van der Waals surface area contributed by atoms with Crippen LogP contribution >= 0.6 is 0 Å². The van der Waals surface area contributed by atoms with Gasteiger partial charge in [-0.1, -0.05) is 0 Å². The first kappa shape index (κ1) is 17.5. The van der Waals surface area contributed by atoms with Crippen molar-refractivity contribution in [1.29, 1.82) is 0 Å². The Balaban J connectivity index is 2.06. The number of ether oxygens (including phenoxy) is 2. The number of hydrogen-bond donors (Lipinski definition) is 1. The van der Waals surface area contributed by atoms with Crippen molar-refractivity contribution in [1.82, 2.24) is 4.57 Å². The molecule has 0 fully saturated rings. The fourth-order valence-electron chi connectivity index (χ4n) is 2.75. The van der Waals surface area contributed by atoms with E-state index >= 15 is 0 Å². The third-order valence-electron chi connectivity index (χ3n) is 4.01. The molecule has 1 aromatic heterocycles. The van der Waals surface area contributed by atoms with Crippen LogP contribution in [0.25, 0.3) is 10.9 Å². The molecule has 0 unspecified atom stereocenters. The molecule has 2 aromatic carbocycles. The summed E-state index contributed by atoms with van der Waals surface area (Å²) in [6.07, 6.45) is 1.40. The molecule has 134 valence electrons. The Labute approximate surface area is 149 Å². The monoisotopic (exact) mass is 356 g/mol. The lowest BCUT2D eigenvalue weighted by atomic mass is 10.1. The fourth-order valence-corrected chi connectivity index (χ4v) is 2.75. The van der Waals surface area contributed by atoms with E-state index in [0.717, 1.165) is 0 Å². The van der Waals surface area contributed by atoms with Crippen LogP contribution < -0.4 is 14.8 Å². The van der Waals surface area contributed by atoms with Crippen molar-refractivity contribution in [2.45, 2.75) is 6.92 Å². The zero-order valence-corrected chi connectivity index (χ0v) is 14.5. The van der Waals surface area contributed by atoms with Gasteiger partial charge in [-0.25, -0.2) is 4.39 Å². The second kappa shape index (κ2) is 6.87. The minimum atomic E-state index is -0.494. The second-order valence-corrected chi connectivity index (χ2v) is 5.61. The molecule has 6 nitrogen and oxygen atoms in total. The molecule has 1 heterocycles. The first-order valence-corrected chi connectivity index (χ1v) is 7.79. The molecule has 0 saturated heterocycles. The van der Waals surface area contributed by atoms with Gasteiger partial charge in [-0.05, 0) is 30.3 Å².